The summed E-state index contributed by atoms with van der Waals surface area (Å²) >= 11 is 6.07. The minimum Gasteiger partial charge on any atom is -0.397 e. The highest BCUT2D eigenvalue weighted by molar-refractivity contribution is 6.33. The Morgan fingerprint density at radius 1 is 1.25 bits per heavy atom. The zero-order chi connectivity index (χ0) is 17.4. The van der Waals surface area contributed by atoms with Gasteiger partial charge in [-0.05, 0) is 31.2 Å². The number of hydrogen-bond donors (Lipinski definition) is 2. The molecule has 1 aliphatic rings. The third kappa shape index (κ3) is 2.70. The molecule has 0 aliphatic heterocycles. The number of benzene rings is 1. The average molecular weight is 344 g/mol. The molecule has 1 unspecified atom stereocenters. The van der Waals surface area contributed by atoms with Crippen LogP contribution in [0.15, 0.2) is 63.0 Å². The van der Waals surface area contributed by atoms with Crippen LogP contribution in [0, 0.1) is 6.92 Å². The molecule has 0 bridgehead atoms. The highest BCUT2D eigenvalue weighted by Gasteiger charge is 2.19. The smallest absolute Gasteiger partial charge is 0.297 e. The van der Waals surface area contributed by atoms with Gasteiger partial charge in [0.25, 0.3) is 5.56 Å². The van der Waals surface area contributed by atoms with E-state index in [0.29, 0.717) is 22.1 Å². The first-order chi connectivity index (χ1) is 11.4. The van der Waals surface area contributed by atoms with Gasteiger partial charge in [0.1, 0.15) is 0 Å². The van der Waals surface area contributed by atoms with Gasteiger partial charge in [-0.15, -0.1) is 0 Å². The monoisotopic (exact) mass is 343 g/mol. The molecule has 2 aromatic rings. The van der Waals surface area contributed by atoms with Crippen LogP contribution in [0.2, 0.25) is 0 Å². The molecule has 3 rings (SSSR count). The molecule has 7 heteroatoms. The summed E-state index contributed by atoms with van der Waals surface area (Å²) in [5.41, 5.74) is 14.2. The number of nitrogens with two attached hydrogens (primary N) is 2. The van der Waals surface area contributed by atoms with E-state index in [0.717, 1.165) is 11.4 Å². The Labute approximate surface area is 144 Å². The van der Waals surface area contributed by atoms with Gasteiger partial charge < -0.3 is 11.5 Å². The van der Waals surface area contributed by atoms with E-state index in [1.54, 1.807) is 21.5 Å². The third-order valence-corrected chi connectivity index (χ3v) is 4.37. The van der Waals surface area contributed by atoms with Crippen molar-refractivity contribution in [3.8, 4) is 5.69 Å². The largest absolute Gasteiger partial charge is 0.397 e. The van der Waals surface area contributed by atoms with Gasteiger partial charge in [-0.1, -0.05) is 29.8 Å². The Kier molecular flexibility index (Phi) is 4.17. The summed E-state index contributed by atoms with van der Waals surface area (Å²) in [7, 11) is 1.81. The second kappa shape index (κ2) is 6.14. The van der Waals surface area contributed by atoms with Gasteiger partial charge in [0.2, 0.25) is 0 Å². The first kappa shape index (κ1) is 16.3. The highest BCUT2D eigenvalue weighted by atomic mass is 35.5. The molecule has 1 aliphatic carbocycles. The zero-order valence-corrected chi connectivity index (χ0v) is 14.2. The second-order valence-corrected chi connectivity index (χ2v) is 6.02. The van der Waals surface area contributed by atoms with E-state index in [2.05, 4.69) is 4.99 Å². The number of hydrogen-bond acceptors (Lipinski definition) is 4. The van der Waals surface area contributed by atoms with Crippen molar-refractivity contribution in [2.45, 2.75) is 13.0 Å². The first-order valence-corrected chi connectivity index (χ1v) is 7.81. The van der Waals surface area contributed by atoms with Crippen molar-refractivity contribution < 1.29 is 0 Å². The van der Waals surface area contributed by atoms with Gasteiger partial charge in [-0.25, -0.2) is 9.67 Å². The maximum absolute atomic E-state index is 12.8. The quantitative estimate of drug-likeness (QED) is 0.871. The molecule has 4 N–H and O–H groups in total. The second-order valence-electron chi connectivity index (χ2n) is 5.58. The minimum atomic E-state index is -0.441. The third-order valence-electron chi connectivity index (χ3n) is 4.00. The van der Waals surface area contributed by atoms with Crippen molar-refractivity contribution in [1.29, 1.82) is 0 Å². The Morgan fingerprint density at radius 3 is 2.58 bits per heavy atom. The zero-order valence-electron chi connectivity index (χ0n) is 13.4. The van der Waals surface area contributed by atoms with Crippen LogP contribution in [0.5, 0.6) is 0 Å². The molecule has 0 saturated carbocycles. The van der Waals surface area contributed by atoms with Gasteiger partial charge in [-0.2, -0.15) is 0 Å². The van der Waals surface area contributed by atoms with Gasteiger partial charge in [0, 0.05) is 12.1 Å². The van der Waals surface area contributed by atoms with E-state index in [4.69, 9.17) is 23.1 Å². The molecule has 0 spiro atoms. The van der Waals surface area contributed by atoms with Crippen molar-refractivity contribution in [3.05, 3.63) is 69.3 Å². The van der Waals surface area contributed by atoms with Crippen LogP contribution < -0.4 is 17.0 Å². The molecule has 124 valence electrons. The number of rotatable bonds is 2. The molecular weight excluding hydrogens is 326 g/mol. The number of nitrogens with zero attached hydrogens (tertiary/aromatic N) is 3. The molecule has 6 nitrogen and oxygen atoms in total. The topological polar surface area (TPSA) is 91.3 Å². The van der Waals surface area contributed by atoms with Crippen molar-refractivity contribution >= 4 is 23.0 Å². The lowest BCUT2D eigenvalue weighted by atomic mass is 10.1. The summed E-state index contributed by atoms with van der Waals surface area (Å²) < 4.78 is 3.32. The summed E-state index contributed by atoms with van der Waals surface area (Å²) in [6, 6.07) is 8.94. The van der Waals surface area contributed by atoms with E-state index in [-0.39, 0.29) is 5.56 Å². The van der Waals surface area contributed by atoms with Gasteiger partial charge >= 0.3 is 0 Å². The summed E-state index contributed by atoms with van der Waals surface area (Å²) in [4.78, 5) is 17.3. The summed E-state index contributed by atoms with van der Waals surface area (Å²) in [6.07, 6.45) is 3.22. The van der Waals surface area contributed by atoms with Crippen LogP contribution in [0.4, 0.5) is 5.69 Å². The standard InChI is InChI=1S/C17H18ClN5O/c1-10-16(21-15-8-12(18)13(19)9-14(15)20)17(24)23(22(10)2)11-6-4-3-5-7-11/h3-9,13H,19-20H2,1-2H3/b21-15+. The molecule has 1 heterocycles. The van der Waals surface area contributed by atoms with E-state index in [1.807, 2.05) is 44.3 Å². The first-order valence-electron chi connectivity index (χ1n) is 7.43. The summed E-state index contributed by atoms with van der Waals surface area (Å²) in [5.74, 6) is 0. The van der Waals surface area contributed by atoms with Crippen LogP contribution in [-0.2, 0) is 7.05 Å². The fourth-order valence-electron chi connectivity index (χ4n) is 2.57. The Morgan fingerprint density at radius 2 is 1.92 bits per heavy atom. The van der Waals surface area contributed by atoms with Gasteiger partial charge in [0.15, 0.2) is 5.69 Å². The van der Waals surface area contributed by atoms with Crippen LogP contribution in [0.3, 0.4) is 0 Å². The van der Waals surface area contributed by atoms with E-state index in [9.17, 15) is 4.79 Å². The predicted octanol–water partition coefficient (Wildman–Crippen LogP) is 1.86. The Hall–Kier alpha value is -2.57. The SMILES string of the molecule is Cc1c(/N=C2\C=C(Cl)C(N)C=C2N)c(=O)n(-c2ccccc2)n1C. The fourth-order valence-corrected chi connectivity index (χ4v) is 2.74. The van der Waals surface area contributed by atoms with Gasteiger partial charge in [-0.3, -0.25) is 9.48 Å². The molecule has 0 amide bonds. The fraction of sp³-hybridized carbons (Fsp3) is 0.176. The number of para-hydroxylation sites is 1. The molecule has 1 aromatic carbocycles. The average Bonchev–Trinajstić information content (AvgIpc) is 2.77. The molecule has 1 aromatic heterocycles. The number of aliphatic imine (C=N–C) groups is 1. The van der Waals surface area contributed by atoms with Crippen LogP contribution >= 0.6 is 11.6 Å². The lowest BCUT2D eigenvalue weighted by molar-refractivity contribution is 0.630. The number of allylic oxidation sites excluding steroid dienone is 1. The molecule has 24 heavy (non-hydrogen) atoms. The molecule has 0 radical (unpaired) electrons. The van der Waals surface area contributed by atoms with Crippen molar-refractivity contribution in [2.75, 3.05) is 0 Å². The number of aromatic nitrogens is 2. The Balaban J connectivity index is 2.16. The Bertz CT molecular complexity index is 934. The van der Waals surface area contributed by atoms with Crippen LogP contribution in [0.25, 0.3) is 5.69 Å². The lowest BCUT2D eigenvalue weighted by Gasteiger charge is -2.14. The maximum Gasteiger partial charge on any atom is 0.297 e. The maximum atomic E-state index is 12.8. The van der Waals surface area contributed by atoms with Crippen LogP contribution in [-0.4, -0.2) is 21.1 Å². The van der Waals surface area contributed by atoms with E-state index in [1.165, 1.54) is 0 Å². The highest BCUT2D eigenvalue weighted by Crippen LogP contribution is 2.21. The van der Waals surface area contributed by atoms with Crippen LogP contribution in [0.1, 0.15) is 5.69 Å². The molecule has 1 atom stereocenters. The molecule has 0 fully saturated rings. The number of halogens is 1. The molecular formula is C17H18ClN5O. The van der Waals surface area contributed by atoms with E-state index >= 15 is 0 Å². The van der Waals surface area contributed by atoms with Crippen molar-refractivity contribution in [3.63, 3.8) is 0 Å². The van der Waals surface area contributed by atoms with E-state index < -0.39 is 6.04 Å². The predicted molar refractivity (Wildman–Crippen MR) is 97.0 cm³/mol. The van der Waals surface area contributed by atoms with Crippen molar-refractivity contribution in [1.82, 2.24) is 9.36 Å². The summed E-state index contributed by atoms with van der Waals surface area (Å²) in [5, 5.41) is 0.430. The minimum absolute atomic E-state index is 0.221. The summed E-state index contributed by atoms with van der Waals surface area (Å²) in [6.45, 7) is 1.83. The lowest BCUT2D eigenvalue weighted by Crippen LogP contribution is -2.26. The van der Waals surface area contributed by atoms with Gasteiger partial charge in [0.05, 0.1) is 28.8 Å². The molecule has 0 saturated heterocycles. The van der Waals surface area contributed by atoms with Crippen molar-refractivity contribution in [2.24, 2.45) is 23.5 Å². The normalized spacial score (nSPS) is 19.3.